The molecular weight excluding hydrogens is 224 g/mol. The second-order valence-electron chi connectivity index (χ2n) is 5.14. The number of hydrogen-bond donors (Lipinski definition) is 1. The van der Waals surface area contributed by atoms with Crippen molar-refractivity contribution in [2.45, 2.75) is 32.2 Å². The highest BCUT2D eigenvalue weighted by atomic mass is 15.4. The number of anilines is 1. The van der Waals surface area contributed by atoms with E-state index in [2.05, 4.69) is 40.8 Å². The number of hydrogen-bond acceptors (Lipinski definition) is 3. The predicted molar refractivity (Wildman–Crippen MR) is 71.7 cm³/mol. The van der Waals surface area contributed by atoms with Gasteiger partial charge in [-0.1, -0.05) is 17.3 Å². The summed E-state index contributed by atoms with van der Waals surface area (Å²) in [6.07, 6.45) is 5.20. The molecular formula is C14H18N4. The van der Waals surface area contributed by atoms with Gasteiger partial charge in [0.2, 0.25) is 0 Å². The first-order valence-electron chi connectivity index (χ1n) is 6.44. The molecule has 2 heterocycles. The molecule has 0 saturated carbocycles. The molecule has 18 heavy (non-hydrogen) atoms. The van der Waals surface area contributed by atoms with Crippen LogP contribution in [0.3, 0.4) is 0 Å². The molecule has 1 aromatic carbocycles. The van der Waals surface area contributed by atoms with Gasteiger partial charge in [-0.15, -0.1) is 5.10 Å². The fourth-order valence-corrected chi connectivity index (χ4v) is 2.50. The number of nitrogens with zero attached hydrogens (tertiary/aromatic N) is 3. The van der Waals surface area contributed by atoms with Crippen molar-refractivity contribution in [2.24, 2.45) is 7.05 Å². The molecule has 0 saturated heterocycles. The summed E-state index contributed by atoms with van der Waals surface area (Å²) in [6.45, 7) is 2.23. The topological polar surface area (TPSA) is 42.7 Å². The first-order chi connectivity index (χ1) is 8.70. The largest absolute Gasteiger partial charge is 0.382 e. The molecule has 1 unspecified atom stereocenters. The van der Waals surface area contributed by atoms with Crippen LogP contribution in [-0.4, -0.2) is 21.0 Å². The molecule has 0 fully saturated rings. The molecule has 94 valence electrons. The summed E-state index contributed by atoms with van der Waals surface area (Å²) in [5, 5.41) is 11.6. The molecule has 3 rings (SSSR count). The van der Waals surface area contributed by atoms with E-state index in [1.165, 1.54) is 23.2 Å². The number of nitrogens with one attached hydrogen (secondary N) is 1. The van der Waals surface area contributed by atoms with Gasteiger partial charge in [-0.3, -0.25) is 4.68 Å². The Hall–Kier alpha value is -1.84. The molecule has 0 amide bonds. The second kappa shape index (κ2) is 4.44. The quantitative estimate of drug-likeness (QED) is 0.877. The number of rotatable bonds is 2. The molecule has 4 heteroatoms. The summed E-state index contributed by atoms with van der Waals surface area (Å²) in [5.41, 5.74) is 5.05. The van der Waals surface area contributed by atoms with Gasteiger partial charge in [0, 0.05) is 31.4 Å². The van der Waals surface area contributed by atoms with E-state index in [0.717, 1.165) is 18.5 Å². The maximum absolute atomic E-state index is 4.13. The number of benzene rings is 1. The molecule has 1 N–H and O–H groups in total. The lowest BCUT2D eigenvalue weighted by atomic mass is 9.96. The first-order valence-corrected chi connectivity index (χ1v) is 6.44. The Morgan fingerprint density at radius 3 is 3.11 bits per heavy atom. The molecule has 0 bridgehead atoms. The van der Waals surface area contributed by atoms with Crippen LogP contribution >= 0.6 is 0 Å². The predicted octanol–water partition coefficient (Wildman–Crippen LogP) is 2.15. The average molecular weight is 242 g/mol. The monoisotopic (exact) mass is 242 g/mol. The van der Waals surface area contributed by atoms with Crippen molar-refractivity contribution in [2.75, 3.05) is 5.32 Å². The summed E-state index contributed by atoms with van der Waals surface area (Å²) in [7, 11) is 1.90. The Balaban J connectivity index is 1.82. The van der Waals surface area contributed by atoms with Crippen LogP contribution in [0.4, 0.5) is 5.69 Å². The zero-order valence-corrected chi connectivity index (χ0v) is 10.8. The maximum Gasteiger partial charge on any atom is 0.0870 e. The molecule has 1 atom stereocenters. The highest BCUT2D eigenvalue weighted by Gasteiger charge is 2.14. The standard InChI is InChI=1S/C14H18N4/c1-10-3-5-12-7-11(4-6-14(12)15-10)8-13-9-18(2)17-16-13/h4,6-7,9-10,15H,3,5,8H2,1-2H3. The lowest BCUT2D eigenvalue weighted by molar-refractivity contribution is 0.680. The van der Waals surface area contributed by atoms with Crippen LogP contribution in [0.2, 0.25) is 0 Å². The Kier molecular flexibility index (Phi) is 2.78. The van der Waals surface area contributed by atoms with E-state index >= 15 is 0 Å². The number of aromatic nitrogens is 3. The molecule has 1 aliphatic rings. The number of aryl methyl sites for hydroxylation is 2. The lowest BCUT2D eigenvalue weighted by Gasteiger charge is -2.24. The summed E-state index contributed by atoms with van der Waals surface area (Å²) >= 11 is 0. The zero-order chi connectivity index (χ0) is 12.5. The van der Waals surface area contributed by atoms with Gasteiger partial charge in [0.1, 0.15) is 0 Å². The van der Waals surface area contributed by atoms with E-state index in [9.17, 15) is 0 Å². The summed E-state index contributed by atoms with van der Waals surface area (Å²) < 4.78 is 1.75. The smallest absolute Gasteiger partial charge is 0.0870 e. The third-order valence-electron chi connectivity index (χ3n) is 3.45. The molecule has 1 aromatic heterocycles. The van der Waals surface area contributed by atoms with Gasteiger partial charge in [0.25, 0.3) is 0 Å². The van der Waals surface area contributed by atoms with Gasteiger partial charge in [-0.05, 0) is 37.0 Å². The van der Waals surface area contributed by atoms with Gasteiger partial charge >= 0.3 is 0 Å². The molecule has 0 spiro atoms. The van der Waals surface area contributed by atoms with E-state index < -0.39 is 0 Å². The third-order valence-corrected chi connectivity index (χ3v) is 3.45. The maximum atomic E-state index is 4.13. The van der Waals surface area contributed by atoms with Crippen molar-refractivity contribution >= 4 is 5.69 Å². The van der Waals surface area contributed by atoms with E-state index in [-0.39, 0.29) is 0 Å². The Morgan fingerprint density at radius 2 is 2.33 bits per heavy atom. The van der Waals surface area contributed by atoms with E-state index in [1.807, 2.05) is 13.2 Å². The summed E-state index contributed by atoms with van der Waals surface area (Å²) in [5.74, 6) is 0. The van der Waals surface area contributed by atoms with Crippen LogP contribution in [0.15, 0.2) is 24.4 Å². The minimum absolute atomic E-state index is 0.586. The van der Waals surface area contributed by atoms with Gasteiger partial charge in [0.05, 0.1) is 5.69 Å². The molecule has 4 nitrogen and oxygen atoms in total. The van der Waals surface area contributed by atoms with Crippen molar-refractivity contribution in [3.63, 3.8) is 0 Å². The average Bonchev–Trinajstić information content (AvgIpc) is 2.75. The Bertz CT molecular complexity index is 559. The van der Waals surface area contributed by atoms with Crippen molar-refractivity contribution in [3.8, 4) is 0 Å². The summed E-state index contributed by atoms with van der Waals surface area (Å²) in [4.78, 5) is 0. The van der Waals surface area contributed by atoms with Gasteiger partial charge in [0.15, 0.2) is 0 Å². The molecule has 0 aliphatic carbocycles. The summed E-state index contributed by atoms with van der Waals surface area (Å²) in [6, 6.07) is 7.25. The van der Waals surface area contributed by atoms with Gasteiger partial charge in [-0.25, -0.2) is 0 Å². The number of fused-ring (bicyclic) bond motifs is 1. The minimum Gasteiger partial charge on any atom is -0.382 e. The molecule has 2 aromatic rings. The SMILES string of the molecule is CC1CCc2cc(Cc3cn(C)nn3)ccc2N1. The van der Waals surface area contributed by atoms with Crippen LogP contribution in [0.5, 0.6) is 0 Å². The van der Waals surface area contributed by atoms with Gasteiger partial charge < -0.3 is 5.32 Å². The fourth-order valence-electron chi connectivity index (χ4n) is 2.50. The van der Waals surface area contributed by atoms with Crippen LogP contribution in [0, 0.1) is 0 Å². The Morgan fingerprint density at radius 1 is 1.44 bits per heavy atom. The normalized spacial score (nSPS) is 18.2. The van der Waals surface area contributed by atoms with Crippen LogP contribution < -0.4 is 5.32 Å². The highest BCUT2D eigenvalue weighted by molar-refractivity contribution is 5.55. The van der Waals surface area contributed by atoms with E-state index in [4.69, 9.17) is 0 Å². The van der Waals surface area contributed by atoms with Crippen molar-refractivity contribution in [1.82, 2.24) is 15.0 Å². The van der Waals surface area contributed by atoms with Crippen molar-refractivity contribution in [3.05, 3.63) is 41.2 Å². The fraction of sp³-hybridized carbons (Fsp3) is 0.429. The lowest BCUT2D eigenvalue weighted by Crippen LogP contribution is -2.21. The molecule has 1 aliphatic heterocycles. The Labute approximate surface area is 107 Å². The van der Waals surface area contributed by atoms with E-state index in [1.54, 1.807) is 4.68 Å². The highest BCUT2D eigenvalue weighted by Crippen LogP contribution is 2.26. The molecule has 0 radical (unpaired) electrons. The van der Waals surface area contributed by atoms with Crippen LogP contribution in [0.25, 0.3) is 0 Å². The van der Waals surface area contributed by atoms with Crippen LogP contribution in [-0.2, 0) is 19.9 Å². The minimum atomic E-state index is 0.586. The van der Waals surface area contributed by atoms with Crippen LogP contribution in [0.1, 0.15) is 30.2 Å². The third kappa shape index (κ3) is 2.23. The van der Waals surface area contributed by atoms with Crippen molar-refractivity contribution < 1.29 is 0 Å². The first kappa shape index (κ1) is 11.3. The van der Waals surface area contributed by atoms with E-state index in [0.29, 0.717) is 6.04 Å². The van der Waals surface area contributed by atoms with Gasteiger partial charge in [-0.2, -0.15) is 0 Å². The second-order valence-corrected chi connectivity index (χ2v) is 5.14. The zero-order valence-electron chi connectivity index (χ0n) is 10.8. The van der Waals surface area contributed by atoms with Crippen molar-refractivity contribution in [1.29, 1.82) is 0 Å².